The molecule has 5 heteroatoms. The molecular formula is C19H23NO4. The van der Waals surface area contributed by atoms with Crippen LogP contribution in [0.2, 0.25) is 0 Å². The molecule has 0 radical (unpaired) electrons. The van der Waals surface area contributed by atoms with Gasteiger partial charge in [0, 0.05) is 6.54 Å². The minimum absolute atomic E-state index is 0.248. The van der Waals surface area contributed by atoms with Crippen LogP contribution < -0.4 is 10.1 Å². The van der Waals surface area contributed by atoms with Gasteiger partial charge >= 0.3 is 5.97 Å². The van der Waals surface area contributed by atoms with E-state index in [2.05, 4.69) is 5.32 Å². The van der Waals surface area contributed by atoms with E-state index in [1.54, 1.807) is 7.11 Å². The molecule has 24 heavy (non-hydrogen) atoms. The quantitative estimate of drug-likeness (QED) is 0.717. The lowest BCUT2D eigenvalue weighted by Crippen LogP contribution is -2.41. The van der Waals surface area contributed by atoms with E-state index in [9.17, 15) is 4.79 Å². The van der Waals surface area contributed by atoms with E-state index in [1.807, 2.05) is 54.6 Å². The number of esters is 1. The molecule has 0 spiro atoms. The average Bonchev–Trinajstić information content (AvgIpc) is 2.65. The Balaban J connectivity index is 1.84. The molecule has 5 nitrogen and oxygen atoms in total. The summed E-state index contributed by atoms with van der Waals surface area (Å²) in [6.45, 7) is 1.24. The van der Waals surface area contributed by atoms with Gasteiger partial charge < -0.3 is 14.2 Å². The molecule has 0 unspecified atom stereocenters. The van der Waals surface area contributed by atoms with Gasteiger partial charge in [-0.25, -0.2) is 0 Å². The number of hydrogen-bond acceptors (Lipinski definition) is 5. The summed E-state index contributed by atoms with van der Waals surface area (Å²) in [6.07, 6.45) is 0. The molecule has 0 aliphatic heterocycles. The normalized spacial score (nSPS) is 11.8. The summed E-state index contributed by atoms with van der Waals surface area (Å²) in [5.41, 5.74) is 2.11. The molecule has 0 aliphatic carbocycles. The fourth-order valence-corrected chi connectivity index (χ4v) is 2.21. The van der Waals surface area contributed by atoms with Crippen molar-refractivity contribution >= 4 is 5.97 Å². The Morgan fingerprint density at radius 2 is 1.71 bits per heavy atom. The molecule has 0 saturated heterocycles. The van der Waals surface area contributed by atoms with E-state index in [0.29, 0.717) is 13.2 Å². The Hall–Kier alpha value is -2.37. The Morgan fingerprint density at radius 3 is 2.33 bits per heavy atom. The maximum atomic E-state index is 11.9. The molecule has 2 rings (SSSR count). The number of rotatable bonds is 9. The number of carbonyl (C=O) groups excluding carboxylic acids is 1. The van der Waals surface area contributed by atoms with Gasteiger partial charge in [-0.3, -0.25) is 10.1 Å². The first-order valence-electron chi connectivity index (χ1n) is 7.78. The molecule has 0 heterocycles. The van der Waals surface area contributed by atoms with Crippen molar-refractivity contribution in [2.75, 3.05) is 20.8 Å². The summed E-state index contributed by atoms with van der Waals surface area (Å²) in [4.78, 5) is 11.9. The van der Waals surface area contributed by atoms with Crippen LogP contribution in [0.25, 0.3) is 0 Å². The van der Waals surface area contributed by atoms with Crippen LogP contribution in [0.4, 0.5) is 0 Å². The van der Waals surface area contributed by atoms with E-state index < -0.39 is 6.04 Å². The maximum Gasteiger partial charge on any atom is 0.325 e. The minimum Gasteiger partial charge on any atom is -0.497 e. The van der Waals surface area contributed by atoms with E-state index in [1.165, 1.54) is 7.11 Å². The lowest BCUT2D eigenvalue weighted by atomic mass is 10.2. The minimum atomic E-state index is -0.513. The second-order valence-corrected chi connectivity index (χ2v) is 5.31. The van der Waals surface area contributed by atoms with Crippen molar-refractivity contribution in [2.24, 2.45) is 0 Å². The zero-order valence-corrected chi connectivity index (χ0v) is 14.0. The van der Waals surface area contributed by atoms with Gasteiger partial charge in [0.2, 0.25) is 0 Å². The summed E-state index contributed by atoms with van der Waals surface area (Å²) in [6, 6.07) is 17.0. The molecule has 0 bridgehead atoms. The van der Waals surface area contributed by atoms with Gasteiger partial charge in [-0.2, -0.15) is 0 Å². The molecule has 0 saturated carbocycles. The van der Waals surface area contributed by atoms with Crippen LogP contribution in [0.1, 0.15) is 11.1 Å². The third-order valence-corrected chi connectivity index (χ3v) is 3.59. The van der Waals surface area contributed by atoms with Crippen molar-refractivity contribution in [3.63, 3.8) is 0 Å². The largest absolute Gasteiger partial charge is 0.497 e. The first-order chi connectivity index (χ1) is 11.7. The third kappa shape index (κ3) is 5.68. The molecule has 2 aromatic carbocycles. The van der Waals surface area contributed by atoms with E-state index in [-0.39, 0.29) is 12.6 Å². The van der Waals surface area contributed by atoms with Crippen molar-refractivity contribution < 1.29 is 19.0 Å². The topological polar surface area (TPSA) is 56.8 Å². The molecule has 0 aliphatic rings. The van der Waals surface area contributed by atoms with Gasteiger partial charge in [0.05, 0.1) is 27.4 Å². The van der Waals surface area contributed by atoms with E-state index in [4.69, 9.17) is 14.2 Å². The summed E-state index contributed by atoms with van der Waals surface area (Å²) in [5, 5.41) is 3.17. The predicted molar refractivity (Wildman–Crippen MR) is 91.7 cm³/mol. The lowest BCUT2D eigenvalue weighted by molar-refractivity contribution is -0.145. The fraction of sp³-hybridized carbons (Fsp3) is 0.316. The van der Waals surface area contributed by atoms with Gasteiger partial charge in [-0.15, -0.1) is 0 Å². The van der Waals surface area contributed by atoms with E-state index >= 15 is 0 Å². The molecular weight excluding hydrogens is 306 g/mol. The molecule has 2 aromatic rings. The highest BCUT2D eigenvalue weighted by atomic mass is 16.5. The molecule has 128 valence electrons. The Kier molecular flexibility index (Phi) is 7.26. The number of methoxy groups -OCH3 is 2. The highest BCUT2D eigenvalue weighted by Crippen LogP contribution is 2.11. The Labute approximate surface area is 142 Å². The van der Waals surface area contributed by atoms with Crippen molar-refractivity contribution in [3.8, 4) is 5.75 Å². The number of carbonyl (C=O) groups is 1. The molecule has 1 N–H and O–H groups in total. The Morgan fingerprint density at radius 1 is 1.00 bits per heavy atom. The number of ether oxygens (including phenoxy) is 3. The number of nitrogens with one attached hydrogen (secondary N) is 1. The maximum absolute atomic E-state index is 11.9. The number of hydrogen-bond donors (Lipinski definition) is 1. The monoisotopic (exact) mass is 329 g/mol. The standard InChI is InChI=1S/C19H23NO4/c1-22-17-10-8-15(9-11-17)12-20-18(19(21)23-2)14-24-13-16-6-4-3-5-7-16/h3-11,18,20H,12-14H2,1-2H3/t18-/m0/s1. The first-order valence-corrected chi connectivity index (χ1v) is 7.78. The van der Waals surface area contributed by atoms with Gasteiger partial charge in [0.25, 0.3) is 0 Å². The van der Waals surface area contributed by atoms with Crippen LogP contribution in [-0.4, -0.2) is 32.8 Å². The summed E-state index contributed by atoms with van der Waals surface area (Å²) < 4.78 is 15.6. The second kappa shape index (κ2) is 9.70. The molecule has 1 atom stereocenters. The third-order valence-electron chi connectivity index (χ3n) is 3.59. The molecule has 0 aromatic heterocycles. The highest BCUT2D eigenvalue weighted by Gasteiger charge is 2.18. The Bertz CT molecular complexity index is 613. The van der Waals surface area contributed by atoms with Crippen molar-refractivity contribution in [3.05, 3.63) is 65.7 Å². The van der Waals surface area contributed by atoms with Crippen LogP contribution in [0, 0.1) is 0 Å². The summed E-state index contributed by atoms with van der Waals surface area (Å²) in [5.74, 6) is 0.464. The fourth-order valence-electron chi connectivity index (χ4n) is 2.21. The van der Waals surface area contributed by atoms with Gasteiger partial charge in [0.15, 0.2) is 0 Å². The van der Waals surface area contributed by atoms with Crippen LogP contribution in [0.15, 0.2) is 54.6 Å². The highest BCUT2D eigenvalue weighted by molar-refractivity contribution is 5.75. The smallest absolute Gasteiger partial charge is 0.325 e. The van der Waals surface area contributed by atoms with Gasteiger partial charge in [-0.05, 0) is 23.3 Å². The molecule has 0 fully saturated rings. The average molecular weight is 329 g/mol. The van der Waals surface area contributed by atoms with E-state index in [0.717, 1.165) is 16.9 Å². The number of benzene rings is 2. The summed E-state index contributed by atoms with van der Waals surface area (Å²) >= 11 is 0. The SMILES string of the molecule is COC(=O)[C@H](COCc1ccccc1)NCc1ccc(OC)cc1. The zero-order valence-electron chi connectivity index (χ0n) is 14.0. The van der Waals surface area contributed by atoms with Crippen molar-refractivity contribution in [2.45, 2.75) is 19.2 Å². The van der Waals surface area contributed by atoms with Crippen LogP contribution in [-0.2, 0) is 27.4 Å². The van der Waals surface area contributed by atoms with Crippen molar-refractivity contribution in [1.29, 1.82) is 0 Å². The zero-order chi connectivity index (χ0) is 17.2. The van der Waals surface area contributed by atoms with Crippen LogP contribution in [0.5, 0.6) is 5.75 Å². The van der Waals surface area contributed by atoms with Gasteiger partial charge in [0.1, 0.15) is 11.8 Å². The summed E-state index contributed by atoms with van der Waals surface area (Å²) in [7, 11) is 3.01. The van der Waals surface area contributed by atoms with Crippen LogP contribution in [0.3, 0.4) is 0 Å². The van der Waals surface area contributed by atoms with Gasteiger partial charge in [-0.1, -0.05) is 42.5 Å². The van der Waals surface area contributed by atoms with Crippen LogP contribution >= 0.6 is 0 Å². The predicted octanol–water partition coefficient (Wildman–Crippen LogP) is 2.54. The molecule has 0 amide bonds. The second-order valence-electron chi connectivity index (χ2n) is 5.31. The first kappa shape index (κ1) is 18.0. The lowest BCUT2D eigenvalue weighted by Gasteiger charge is -2.17. The van der Waals surface area contributed by atoms with Crippen molar-refractivity contribution in [1.82, 2.24) is 5.32 Å².